The number of carbonyl (C=O) groups is 1. The molecule has 0 saturated heterocycles. The maximum atomic E-state index is 12.1. The first-order valence-electron chi connectivity index (χ1n) is 7.91. The molecule has 3 rings (SSSR count). The highest BCUT2D eigenvalue weighted by atomic mass is 16.5. The fourth-order valence-electron chi connectivity index (χ4n) is 2.92. The molecule has 0 radical (unpaired) electrons. The Kier molecular flexibility index (Phi) is 5.05. The quantitative estimate of drug-likeness (QED) is 0.805. The highest BCUT2D eigenvalue weighted by Gasteiger charge is 2.31. The van der Waals surface area contributed by atoms with Crippen LogP contribution >= 0.6 is 0 Å². The van der Waals surface area contributed by atoms with Crippen LogP contribution in [0.3, 0.4) is 0 Å². The van der Waals surface area contributed by atoms with Crippen molar-refractivity contribution in [2.75, 3.05) is 6.61 Å². The number of aliphatic hydroxyl groups excluding tert-OH is 1. The molecule has 0 unspecified atom stereocenters. The molecule has 0 aliphatic heterocycles. The molecule has 1 aliphatic carbocycles. The number of hydrogen-bond acceptors (Lipinski definition) is 3. The molecule has 2 aromatic rings. The first-order chi connectivity index (χ1) is 11.2. The van der Waals surface area contributed by atoms with Gasteiger partial charge in [0.25, 0.3) is 0 Å². The van der Waals surface area contributed by atoms with Crippen molar-refractivity contribution in [3.8, 4) is 0 Å². The SMILES string of the molecule is O=C(CCOCc1ccccc1)N[C@H]1c2ccccc2C[C@@H]1O. The lowest BCUT2D eigenvalue weighted by Crippen LogP contribution is -2.34. The lowest BCUT2D eigenvalue weighted by Gasteiger charge is -2.18. The van der Waals surface area contributed by atoms with Gasteiger partial charge in [-0.25, -0.2) is 0 Å². The molecule has 2 aromatic carbocycles. The average Bonchev–Trinajstić information content (AvgIpc) is 2.88. The Bertz CT molecular complexity index is 657. The number of rotatable bonds is 6. The van der Waals surface area contributed by atoms with Gasteiger partial charge in [-0.1, -0.05) is 54.6 Å². The zero-order valence-electron chi connectivity index (χ0n) is 12.9. The lowest BCUT2D eigenvalue weighted by molar-refractivity contribution is -0.123. The Balaban J connectivity index is 1.45. The normalized spacial score (nSPS) is 19.3. The Morgan fingerprint density at radius 2 is 1.87 bits per heavy atom. The van der Waals surface area contributed by atoms with Crippen molar-refractivity contribution in [2.24, 2.45) is 0 Å². The van der Waals surface area contributed by atoms with Gasteiger partial charge in [0.2, 0.25) is 5.91 Å². The minimum Gasteiger partial charge on any atom is -0.390 e. The fourth-order valence-corrected chi connectivity index (χ4v) is 2.92. The van der Waals surface area contributed by atoms with Crippen LogP contribution in [0.2, 0.25) is 0 Å². The number of aliphatic hydroxyl groups is 1. The standard InChI is InChI=1S/C19H21NO3/c21-17-12-15-8-4-5-9-16(15)19(17)20-18(22)10-11-23-13-14-6-2-1-3-7-14/h1-9,17,19,21H,10-13H2,(H,20,22)/t17-,19-/m0/s1. The van der Waals surface area contributed by atoms with E-state index in [1.807, 2.05) is 54.6 Å². The van der Waals surface area contributed by atoms with E-state index in [-0.39, 0.29) is 18.4 Å². The Morgan fingerprint density at radius 1 is 1.13 bits per heavy atom. The van der Waals surface area contributed by atoms with Gasteiger partial charge >= 0.3 is 0 Å². The van der Waals surface area contributed by atoms with Crippen LogP contribution < -0.4 is 5.32 Å². The van der Waals surface area contributed by atoms with E-state index >= 15 is 0 Å². The van der Waals surface area contributed by atoms with Crippen molar-refractivity contribution >= 4 is 5.91 Å². The first-order valence-corrected chi connectivity index (χ1v) is 7.91. The third-order valence-electron chi connectivity index (χ3n) is 4.11. The van der Waals surface area contributed by atoms with E-state index < -0.39 is 6.10 Å². The van der Waals surface area contributed by atoms with Gasteiger partial charge in [-0.2, -0.15) is 0 Å². The summed E-state index contributed by atoms with van der Waals surface area (Å²) in [5, 5.41) is 13.0. The van der Waals surface area contributed by atoms with Crippen LogP contribution in [0.25, 0.3) is 0 Å². The molecular weight excluding hydrogens is 290 g/mol. The van der Waals surface area contributed by atoms with E-state index in [2.05, 4.69) is 5.32 Å². The Morgan fingerprint density at radius 3 is 2.70 bits per heavy atom. The smallest absolute Gasteiger partial charge is 0.222 e. The topological polar surface area (TPSA) is 58.6 Å². The van der Waals surface area contributed by atoms with Gasteiger partial charge in [0.15, 0.2) is 0 Å². The number of benzene rings is 2. The molecule has 4 heteroatoms. The largest absolute Gasteiger partial charge is 0.390 e. The summed E-state index contributed by atoms with van der Waals surface area (Å²) in [7, 11) is 0. The average molecular weight is 311 g/mol. The maximum absolute atomic E-state index is 12.1. The molecule has 0 aromatic heterocycles. The Labute approximate surface area is 136 Å². The molecule has 2 atom stereocenters. The van der Waals surface area contributed by atoms with E-state index in [4.69, 9.17) is 4.74 Å². The molecule has 1 amide bonds. The van der Waals surface area contributed by atoms with Crippen molar-refractivity contribution in [2.45, 2.75) is 31.6 Å². The monoisotopic (exact) mass is 311 g/mol. The van der Waals surface area contributed by atoms with Crippen LogP contribution in [0, 0.1) is 0 Å². The van der Waals surface area contributed by atoms with Crippen LogP contribution in [0.4, 0.5) is 0 Å². The molecule has 0 spiro atoms. The van der Waals surface area contributed by atoms with E-state index in [0.29, 0.717) is 19.6 Å². The summed E-state index contributed by atoms with van der Waals surface area (Å²) in [5.41, 5.74) is 3.21. The second-order valence-electron chi connectivity index (χ2n) is 5.80. The molecule has 4 nitrogen and oxygen atoms in total. The van der Waals surface area contributed by atoms with Gasteiger partial charge in [0, 0.05) is 12.8 Å². The number of amides is 1. The number of nitrogens with one attached hydrogen (secondary N) is 1. The second kappa shape index (κ2) is 7.40. The van der Waals surface area contributed by atoms with Gasteiger partial charge in [0.1, 0.15) is 0 Å². The molecule has 0 heterocycles. The lowest BCUT2D eigenvalue weighted by atomic mass is 10.1. The molecule has 1 aliphatic rings. The van der Waals surface area contributed by atoms with Crippen molar-refractivity contribution in [1.29, 1.82) is 0 Å². The minimum atomic E-state index is -0.554. The molecular formula is C19H21NO3. The van der Waals surface area contributed by atoms with Gasteiger partial charge in [-0.05, 0) is 16.7 Å². The summed E-state index contributed by atoms with van der Waals surface area (Å²) < 4.78 is 5.53. The zero-order valence-corrected chi connectivity index (χ0v) is 12.9. The first kappa shape index (κ1) is 15.7. The minimum absolute atomic E-state index is 0.0983. The molecule has 23 heavy (non-hydrogen) atoms. The van der Waals surface area contributed by atoms with Gasteiger partial charge < -0.3 is 15.2 Å². The van der Waals surface area contributed by atoms with Crippen LogP contribution in [0.15, 0.2) is 54.6 Å². The molecule has 0 fully saturated rings. The van der Waals surface area contributed by atoms with Crippen LogP contribution in [-0.2, 0) is 22.6 Å². The van der Waals surface area contributed by atoms with E-state index in [9.17, 15) is 9.90 Å². The van der Waals surface area contributed by atoms with Crippen molar-refractivity contribution in [3.05, 3.63) is 71.3 Å². The number of carbonyl (C=O) groups excluding carboxylic acids is 1. The van der Waals surface area contributed by atoms with Crippen LogP contribution in [0.5, 0.6) is 0 Å². The molecule has 2 N–H and O–H groups in total. The summed E-state index contributed by atoms with van der Waals surface area (Å²) in [5.74, 6) is -0.0983. The van der Waals surface area contributed by atoms with Crippen molar-refractivity contribution in [1.82, 2.24) is 5.32 Å². The number of ether oxygens (including phenoxy) is 1. The van der Waals surface area contributed by atoms with Gasteiger partial charge in [-0.3, -0.25) is 4.79 Å². The van der Waals surface area contributed by atoms with Crippen molar-refractivity contribution in [3.63, 3.8) is 0 Å². The highest BCUT2D eigenvalue weighted by molar-refractivity contribution is 5.76. The van der Waals surface area contributed by atoms with Crippen LogP contribution in [0.1, 0.15) is 29.2 Å². The Hall–Kier alpha value is -2.17. The predicted molar refractivity (Wildman–Crippen MR) is 87.8 cm³/mol. The third-order valence-corrected chi connectivity index (χ3v) is 4.11. The van der Waals surface area contributed by atoms with Crippen molar-refractivity contribution < 1.29 is 14.6 Å². The van der Waals surface area contributed by atoms with E-state index in [1.165, 1.54) is 0 Å². The van der Waals surface area contributed by atoms with E-state index in [0.717, 1.165) is 16.7 Å². The summed E-state index contributed by atoms with van der Waals surface area (Å²) in [6.45, 7) is 0.869. The van der Waals surface area contributed by atoms with Gasteiger partial charge in [-0.15, -0.1) is 0 Å². The fraction of sp³-hybridized carbons (Fsp3) is 0.316. The zero-order chi connectivity index (χ0) is 16.1. The van der Waals surface area contributed by atoms with Gasteiger partial charge in [0.05, 0.1) is 25.4 Å². The molecule has 0 saturated carbocycles. The second-order valence-corrected chi connectivity index (χ2v) is 5.80. The maximum Gasteiger partial charge on any atom is 0.222 e. The number of hydrogen-bond donors (Lipinski definition) is 2. The summed E-state index contributed by atoms with van der Waals surface area (Å²) in [6, 6.07) is 17.4. The van der Waals surface area contributed by atoms with Crippen LogP contribution in [-0.4, -0.2) is 23.7 Å². The highest BCUT2D eigenvalue weighted by Crippen LogP contribution is 2.31. The summed E-state index contributed by atoms with van der Waals surface area (Å²) in [4.78, 5) is 12.1. The molecule has 0 bridgehead atoms. The number of fused-ring (bicyclic) bond motifs is 1. The summed E-state index contributed by atoms with van der Waals surface area (Å²) >= 11 is 0. The summed E-state index contributed by atoms with van der Waals surface area (Å²) in [6.07, 6.45) is 0.325. The molecule has 120 valence electrons. The van der Waals surface area contributed by atoms with E-state index in [1.54, 1.807) is 0 Å². The third kappa shape index (κ3) is 3.97. The predicted octanol–water partition coefficient (Wildman–Crippen LogP) is 2.37.